The van der Waals surface area contributed by atoms with Gasteiger partial charge in [-0.2, -0.15) is 5.26 Å². The van der Waals surface area contributed by atoms with E-state index in [1.54, 1.807) is 0 Å². The van der Waals surface area contributed by atoms with E-state index in [9.17, 15) is 0 Å². The molecular weight excluding hydrogens is 166 g/mol. The highest BCUT2D eigenvalue weighted by Gasteiger charge is 2.07. The molecule has 0 radical (unpaired) electrons. The summed E-state index contributed by atoms with van der Waals surface area (Å²) in [5, 5.41) is 10.2. The molecule has 1 aliphatic rings. The number of hydrogen-bond acceptors (Lipinski definition) is 4. The summed E-state index contributed by atoms with van der Waals surface area (Å²) in [6, 6.07) is 2.02. The number of ether oxygens (including phenoxy) is 1. The lowest BCUT2D eigenvalue weighted by atomic mass is 10.5. The smallest absolute Gasteiger partial charge is 0.0974 e. The van der Waals surface area contributed by atoms with E-state index in [2.05, 4.69) is 5.43 Å². The van der Waals surface area contributed by atoms with Crippen LogP contribution in [0.15, 0.2) is 0 Å². The highest BCUT2D eigenvalue weighted by Crippen LogP contribution is 1.90. The summed E-state index contributed by atoms with van der Waals surface area (Å²) in [5.74, 6) is 0. The number of morpholine rings is 1. The van der Waals surface area contributed by atoms with E-state index in [-0.39, 0.29) is 12.4 Å². The maximum Gasteiger partial charge on any atom is 0.0974 e. The van der Waals surface area contributed by atoms with Gasteiger partial charge < -0.3 is 4.74 Å². The average molecular weight is 178 g/mol. The first kappa shape index (κ1) is 10.7. The quantitative estimate of drug-likeness (QED) is 0.592. The normalized spacial score (nSPS) is 18.5. The molecule has 5 heteroatoms. The van der Waals surface area contributed by atoms with Crippen LogP contribution < -0.4 is 5.43 Å². The van der Waals surface area contributed by atoms with Gasteiger partial charge in [-0.25, -0.2) is 10.4 Å². The molecule has 1 heterocycles. The second-order valence-corrected chi connectivity index (χ2v) is 2.09. The third-order valence-electron chi connectivity index (χ3n) is 1.39. The molecule has 0 unspecified atom stereocenters. The second-order valence-electron chi connectivity index (χ2n) is 2.09. The van der Waals surface area contributed by atoms with E-state index in [0.717, 1.165) is 26.3 Å². The van der Waals surface area contributed by atoms with Gasteiger partial charge in [0.2, 0.25) is 0 Å². The van der Waals surface area contributed by atoms with Crippen molar-refractivity contribution in [1.29, 1.82) is 5.26 Å². The molecule has 0 aromatic heterocycles. The van der Waals surface area contributed by atoms with Crippen LogP contribution in [0.5, 0.6) is 0 Å². The molecule has 0 atom stereocenters. The lowest BCUT2D eigenvalue weighted by molar-refractivity contribution is 0.0146. The number of hydrazine groups is 1. The van der Waals surface area contributed by atoms with Gasteiger partial charge in [0, 0.05) is 13.1 Å². The summed E-state index contributed by atoms with van der Waals surface area (Å²) in [6.07, 6.45) is 0. The molecule has 1 saturated heterocycles. The van der Waals surface area contributed by atoms with Crippen LogP contribution in [0, 0.1) is 11.3 Å². The van der Waals surface area contributed by atoms with Gasteiger partial charge in [-0.15, -0.1) is 12.4 Å². The molecule has 1 aliphatic heterocycles. The molecule has 0 saturated carbocycles. The first-order valence-electron chi connectivity index (χ1n) is 3.36. The molecule has 11 heavy (non-hydrogen) atoms. The van der Waals surface area contributed by atoms with Crippen molar-refractivity contribution in [2.45, 2.75) is 0 Å². The van der Waals surface area contributed by atoms with Gasteiger partial charge in [-0.3, -0.25) is 0 Å². The van der Waals surface area contributed by atoms with Gasteiger partial charge >= 0.3 is 0 Å². The summed E-state index contributed by atoms with van der Waals surface area (Å²) >= 11 is 0. The molecule has 0 aliphatic carbocycles. The summed E-state index contributed by atoms with van der Waals surface area (Å²) in [7, 11) is 0. The van der Waals surface area contributed by atoms with Crippen molar-refractivity contribution in [2.24, 2.45) is 0 Å². The number of nitrogens with zero attached hydrogens (tertiary/aromatic N) is 2. The number of nitriles is 1. The van der Waals surface area contributed by atoms with Gasteiger partial charge in [0.05, 0.1) is 25.8 Å². The summed E-state index contributed by atoms with van der Waals surface area (Å²) < 4.78 is 5.12. The molecule has 0 amide bonds. The van der Waals surface area contributed by atoms with Crippen molar-refractivity contribution in [3.8, 4) is 6.07 Å². The molecule has 1 fully saturated rings. The zero-order chi connectivity index (χ0) is 7.23. The average Bonchev–Trinajstić information content (AvgIpc) is 2.03. The van der Waals surface area contributed by atoms with Crippen LogP contribution in [0.25, 0.3) is 0 Å². The Kier molecular flexibility index (Phi) is 6.18. The first-order chi connectivity index (χ1) is 4.93. The maximum absolute atomic E-state index is 8.23. The minimum atomic E-state index is 0. The Hall–Kier alpha value is -0.340. The van der Waals surface area contributed by atoms with Crippen LogP contribution in [0.1, 0.15) is 0 Å². The number of nitrogens with one attached hydrogen (secondary N) is 1. The predicted molar refractivity (Wildman–Crippen MR) is 43.3 cm³/mol. The van der Waals surface area contributed by atoms with Crippen molar-refractivity contribution < 1.29 is 4.74 Å². The van der Waals surface area contributed by atoms with Gasteiger partial charge in [-0.05, 0) is 0 Å². The topological polar surface area (TPSA) is 48.3 Å². The van der Waals surface area contributed by atoms with Gasteiger partial charge in [0.25, 0.3) is 0 Å². The third kappa shape index (κ3) is 4.17. The lowest BCUT2D eigenvalue weighted by Gasteiger charge is -2.25. The van der Waals surface area contributed by atoms with E-state index in [1.807, 2.05) is 11.1 Å². The lowest BCUT2D eigenvalue weighted by Crippen LogP contribution is -2.45. The molecule has 1 rings (SSSR count). The standard InChI is InChI=1S/C6H11N3O.ClH/c7-1-2-8-9-3-5-10-6-4-9;/h8H,2-6H2;1H. The Labute approximate surface area is 72.5 Å². The number of hydrogen-bond donors (Lipinski definition) is 1. The fraction of sp³-hybridized carbons (Fsp3) is 0.833. The highest BCUT2D eigenvalue weighted by molar-refractivity contribution is 5.85. The van der Waals surface area contributed by atoms with Crippen molar-refractivity contribution in [2.75, 3.05) is 32.8 Å². The van der Waals surface area contributed by atoms with Crippen LogP contribution >= 0.6 is 12.4 Å². The van der Waals surface area contributed by atoms with Crippen molar-refractivity contribution >= 4 is 12.4 Å². The third-order valence-corrected chi connectivity index (χ3v) is 1.39. The molecule has 64 valence electrons. The Morgan fingerprint density at radius 1 is 1.45 bits per heavy atom. The summed E-state index contributed by atoms with van der Waals surface area (Å²) in [6.45, 7) is 3.67. The monoisotopic (exact) mass is 177 g/mol. The summed E-state index contributed by atoms with van der Waals surface area (Å²) in [4.78, 5) is 0. The first-order valence-corrected chi connectivity index (χ1v) is 3.36. The molecule has 4 nitrogen and oxygen atoms in total. The fourth-order valence-corrected chi connectivity index (χ4v) is 0.869. The van der Waals surface area contributed by atoms with Crippen LogP contribution in [-0.4, -0.2) is 37.9 Å². The minimum absolute atomic E-state index is 0. The predicted octanol–water partition coefficient (Wildman–Crippen LogP) is -0.231. The Morgan fingerprint density at radius 2 is 2.09 bits per heavy atom. The highest BCUT2D eigenvalue weighted by atomic mass is 35.5. The zero-order valence-corrected chi connectivity index (χ0v) is 7.06. The summed E-state index contributed by atoms with van der Waals surface area (Å²) in [5.41, 5.74) is 2.96. The SMILES string of the molecule is Cl.N#CCNN1CCOCC1. The largest absolute Gasteiger partial charge is 0.379 e. The molecule has 0 aromatic carbocycles. The van der Waals surface area contributed by atoms with Crippen molar-refractivity contribution in [3.05, 3.63) is 0 Å². The van der Waals surface area contributed by atoms with E-state index in [0.29, 0.717) is 6.54 Å². The Balaban J connectivity index is 0.000001000. The number of halogens is 1. The molecular formula is C6H12ClN3O. The van der Waals surface area contributed by atoms with E-state index in [4.69, 9.17) is 10.00 Å². The van der Waals surface area contributed by atoms with Crippen LogP contribution in [0.4, 0.5) is 0 Å². The van der Waals surface area contributed by atoms with Crippen LogP contribution in [0.3, 0.4) is 0 Å². The van der Waals surface area contributed by atoms with Crippen LogP contribution in [0.2, 0.25) is 0 Å². The molecule has 1 N–H and O–H groups in total. The van der Waals surface area contributed by atoms with E-state index >= 15 is 0 Å². The van der Waals surface area contributed by atoms with Crippen LogP contribution in [-0.2, 0) is 4.74 Å². The second kappa shape index (κ2) is 6.38. The van der Waals surface area contributed by atoms with E-state index in [1.165, 1.54) is 0 Å². The van der Waals surface area contributed by atoms with Crippen molar-refractivity contribution in [3.63, 3.8) is 0 Å². The molecule has 0 aromatic rings. The molecule has 0 bridgehead atoms. The maximum atomic E-state index is 8.23. The zero-order valence-electron chi connectivity index (χ0n) is 6.25. The van der Waals surface area contributed by atoms with Gasteiger partial charge in [-0.1, -0.05) is 0 Å². The fourth-order valence-electron chi connectivity index (χ4n) is 0.869. The number of rotatable bonds is 2. The van der Waals surface area contributed by atoms with Gasteiger partial charge in [0.15, 0.2) is 0 Å². The Bertz CT molecular complexity index is 130. The van der Waals surface area contributed by atoms with Gasteiger partial charge in [0.1, 0.15) is 0 Å². The minimum Gasteiger partial charge on any atom is -0.379 e. The van der Waals surface area contributed by atoms with Crippen molar-refractivity contribution in [1.82, 2.24) is 10.4 Å². The van der Waals surface area contributed by atoms with E-state index < -0.39 is 0 Å². The Morgan fingerprint density at radius 3 is 2.64 bits per heavy atom. The molecule has 0 spiro atoms.